The van der Waals surface area contributed by atoms with Gasteiger partial charge in [0.05, 0.1) is 13.2 Å². The van der Waals surface area contributed by atoms with Crippen molar-refractivity contribution in [1.29, 1.82) is 0 Å². The largest absolute Gasteiger partial charge is 0.493 e. The molecule has 0 unspecified atom stereocenters. The number of nitrogens with one attached hydrogen (secondary N) is 1. The zero-order chi connectivity index (χ0) is 16.7. The molecule has 0 saturated heterocycles. The Kier molecular flexibility index (Phi) is 6.14. The second-order valence-electron chi connectivity index (χ2n) is 5.30. The van der Waals surface area contributed by atoms with E-state index in [9.17, 15) is 4.79 Å². The molecule has 2 aromatic rings. The minimum atomic E-state index is -0.491. The molecule has 6 nitrogen and oxygen atoms in total. The monoisotopic (exact) mass is 317 g/mol. The fraction of sp³-hybridized carbons (Fsp3) is 0.471. The molecule has 0 bridgehead atoms. The lowest BCUT2D eigenvalue weighted by molar-refractivity contribution is 0.0520. The molecular formula is C17H23N3O3. The van der Waals surface area contributed by atoms with Gasteiger partial charge >= 0.3 is 5.97 Å². The summed E-state index contributed by atoms with van der Waals surface area (Å²) < 4.78 is 10.9. The third-order valence-electron chi connectivity index (χ3n) is 3.41. The molecule has 6 heteroatoms. The summed E-state index contributed by atoms with van der Waals surface area (Å²) in [6.07, 6.45) is 3.26. The van der Waals surface area contributed by atoms with Crippen molar-refractivity contribution in [3.8, 4) is 17.0 Å². The predicted molar refractivity (Wildman–Crippen MR) is 87.5 cm³/mol. The number of ether oxygens (including phenoxy) is 2. The number of aromatic amines is 1. The molecular weight excluding hydrogens is 294 g/mol. The van der Waals surface area contributed by atoms with Gasteiger partial charge in [-0.25, -0.2) is 4.79 Å². The number of carbonyl (C=O) groups is 1. The van der Waals surface area contributed by atoms with Gasteiger partial charge in [-0.1, -0.05) is 31.4 Å². The van der Waals surface area contributed by atoms with Gasteiger partial charge in [-0.2, -0.15) is 10.3 Å². The van der Waals surface area contributed by atoms with Crippen LogP contribution in [0.5, 0.6) is 5.75 Å². The molecule has 0 aliphatic heterocycles. The van der Waals surface area contributed by atoms with Gasteiger partial charge in [0.1, 0.15) is 11.4 Å². The first-order chi connectivity index (χ1) is 11.2. The van der Waals surface area contributed by atoms with Gasteiger partial charge in [0, 0.05) is 5.56 Å². The molecule has 1 aromatic heterocycles. The molecule has 1 heterocycles. The highest BCUT2D eigenvalue weighted by Crippen LogP contribution is 2.31. The second-order valence-corrected chi connectivity index (χ2v) is 5.30. The summed E-state index contributed by atoms with van der Waals surface area (Å²) in [5.41, 5.74) is 2.44. The highest BCUT2D eigenvalue weighted by molar-refractivity contribution is 5.94. The van der Waals surface area contributed by atoms with Crippen molar-refractivity contribution in [2.45, 2.75) is 40.0 Å². The lowest BCUT2D eigenvalue weighted by Crippen LogP contribution is -2.07. The topological polar surface area (TPSA) is 77.1 Å². The van der Waals surface area contributed by atoms with Gasteiger partial charge in [-0.3, -0.25) is 0 Å². The lowest BCUT2D eigenvalue weighted by atomic mass is 10.1. The number of carbonyl (C=O) groups excluding carboxylic acids is 1. The Labute approximate surface area is 136 Å². The zero-order valence-electron chi connectivity index (χ0n) is 13.9. The first-order valence-electron chi connectivity index (χ1n) is 7.99. The molecule has 124 valence electrons. The molecule has 1 N–H and O–H groups in total. The van der Waals surface area contributed by atoms with Gasteiger partial charge in [0.25, 0.3) is 0 Å². The van der Waals surface area contributed by atoms with E-state index in [-0.39, 0.29) is 5.69 Å². The van der Waals surface area contributed by atoms with Crippen LogP contribution in [-0.2, 0) is 4.74 Å². The number of aromatic nitrogens is 3. The molecule has 0 fully saturated rings. The van der Waals surface area contributed by atoms with E-state index in [4.69, 9.17) is 9.47 Å². The van der Waals surface area contributed by atoms with Crippen LogP contribution >= 0.6 is 0 Å². The van der Waals surface area contributed by atoms with Gasteiger partial charge in [-0.05, 0) is 32.4 Å². The van der Waals surface area contributed by atoms with E-state index >= 15 is 0 Å². The maximum atomic E-state index is 12.0. The Morgan fingerprint density at radius 1 is 1.22 bits per heavy atom. The highest BCUT2D eigenvalue weighted by Gasteiger charge is 2.21. The van der Waals surface area contributed by atoms with Crippen LogP contribution < -0.4 is 4.74 Å². The average molecular weight is 317 g/mol. The normalized spacial score (nSPS) is 10.6. The molecule has 0 atom stereocenters. The van der Waals surface area contributed by atoms with Crippen LogP contribution in [0.15, 0.2) is 18.2 Å². The Balaban J connectivity index is 2.29. The number of H-pyrrole nitrogens is 1. The van der Waals surface area contributed by atoms with Crippen molar-refractivity contribution in [3.05, 3.63) is 29.5 Å². The summed E-state index contributed by atoms with van der Waals surface area (Å²) in [6, 6.07) is 5.82. The summed E-state index contributed by atoms with van der Waals surface area (Å²) in [6.45, 7) is 6.81. The van der Waals surface area contributed by atoms with E-state index in [0.717, 1.165) is 30.4 Å². The first kappa shape index (κ1) is 17.0. The predicted octanol–water partition coefficient (Wildman–Crippen LogP) is 3.53. The maximum Gasteiger partial charge on any atom is 0.361 e. The van der Waals surface area contributed by atoms with Gasteiger partial charge in [-0.15, -0.1) is 5.10 Å². The van der Waals surface area contributed by atoms with E-state index in [2.05, 4.69) is 22.3 Å². The molecule has 0 aliphatic carbocycles. The number of aryl methyl sites for hydroxylation is 1. The number of hydrogen-bond acceptors (Lipinski definition) is 5. The van der Waals surface area contributed by atoms with Crippen LogP contribution in [-0.4, -0.2) is 34.6 Å². The molecule has 0 amide bonds. The maximum absolute atomic E-state index is 12.0. The minimum absolute atomic E-state index is 0.177. The fourth-order valence-electron chi connectivity index (χ4n) is 2.25. The SMILES string of the molecule is CCCCCOc1ccc(C)cc1-c1n[nH]nc1C(=O)OCC. The molecule has 2 rings (SSSR count). The van der Waals surface area contributed by atoms with Crippen LogP contribution in [0.1, 0.15) is 49.2 Å². The van der Waals surface area contributed by atoms with E-state index in [1.807, 2.05) is 25.1 Å². The lowest BCUT2D eigenvalue weighted by Gasteiger charge is -2.11. The number of rotatable bonds is 8. The van der Waals surface area contributed by atoms with Crippen LogP contribution in [0, 0.1) is 6.92 Å². The summed E-state index contributed by atoms with van der Waals surface area (Å²) in [4.78, 5) is 12.0. The number of hydrogen-bond donors (Lipinski definition) is 1. The van der Waals surface area contributed by atoms with Crippen LogP contribution in [0.4, 0.5) is 0 Å². The summed E-state index contributed by atoms with van der Waals surface area (Å²) in [5, 5.41) is 10.5. The van der Waals surface area contributed by atoms with Crippen molar-refractivity contribution >= 4 is 5.97 Å². The molecule has 0 saturated carbocycles. The van der Waals surface area contributed by atoms with E-state index in [1.54, 1.807) is 6.92 Å². The Hall–Kier alpha value is -2.37. The van der Waals surface area contributed by atoms with Crippen LogP contribution in [0.25, 0.3) is 11.3 Å². The van der Waals surface area contributed by atoms with E-state index < -0.39 is 5.97 Å². The van der Waals surface area contributed by atoms with Crippen molar-refractivity contribution in [2.75, 3.05) is 13.2 Å². The minimum Gasteiger partial charge on any atom is -0.493 e. The molecule has 1 aromatic carbocycles. The highest BCUT2D eigenvalue weighted by atomic mass is 16.5. The van der Waals surface area contributed by atoms with Crippen LogP contribution in [0.3, 0.4) is 0 Å². The Morgan fingerprint density at radius 2 is 2.04 bits per heavy atom. The fourth-order valence-corrected chi connectivity index (χ4v) is 2.25. The number of benzene rings is 1. The standard InChI is InChI=1S/C17H23N3O3/c1-4-6-7-10-23-14-9-8-12(3)11-13(14)15-16(19-20-18-15)17(21)22-5-2/h8-9,11H,4-7,10H2,1-3H3,(H,18,19,20). The summed E-state index contributed by atoms with van der Waals surface area (Å²) in [5.74, 6) is 0.209. The third-order valence-corrected chi connectivity index (χ3v) is 3.41. The summed E-state index contributed by atoms with van der Waals surface area (Å²) in [7, 11) is 0. The summed E-state index contributed by atoms with van der Waals surface area (Å²) >= 11 is 0. The third kappa shape index (κ3) is 4.31. The average Bonchev–Trinajstić information content (AvgIpc) is 3.02. The van der Waals surface area contributed by atoms with Gasteiger partial charge in [0.15, 0.2) is 5.69 Å². The van der Waals surface area contributed by atoms with Gasteiger partial charge in [0.2, 0.25) is 0 Å². The molecule has 0 radical (unpaired) electrons. The molecule has 0 spiro atoms. The van der Waals surface area contributed by atoms with Crippen molar-refractivity contribution in [3.63, 3.8) is 0 Å². The Morgan fingerprint density at radius 3 is 2.78 bits per heavy atom. The quantitative estimate of drug-likeness (QED) is 0.595. The number of unbranched alkanes of at least 4 members (excludes halogenated alkanes) is 2. The van der Waals surface area contributed by atoms with Crippen molar-refractivity contribution < 1.29 is 14.3 Å². The van der Waals surface area contributed by atoms with Crippen molar-refractivity contribution in [2.24, 2.45) is 0 Å². The molecule has 23 heavy (non-hydrogen) atoms. The zero-order valence-corrected chi connectivity index (χ0v) is 13.9. The molecule has 0 aliphatic rings. The number of esters is 1. The van der Waals surface area contributed by atoms with Gasteiger partial charge < -0.3 is 9.47 Å². The first-order valence-corrected chi connectivity index (χ1v) is 7.99. The van der Waals surface area contributed by atoms with Crippen molar-refractivity contribution in [1.82, 2.24) is 15.4 Å². The Bertz CT molecular complexity index is 652. The van der Waals surface area contributed by atoms with Crippen LogP contribution in [0.2, 0.25) is 0 Å². The van der Waals surface area contributed by atoms with E-state index in [0.29, 0.717) is 24.7 Å². The number of nitrogens with zero attached hydrogens (tertiary/aromatic N) is 2. The second kappa shape index (κ2) is 8.31. The van der Waals surface area contributed by atoms with E-state index in [1.165, 1.54) is 0 Å². The smallest absolute Gasteiger partial charge is 0.361 e.